The van der Waals surface area contributed by atoms with Crippen LogP contribution >= 0.6 is 11.6 Å². The van der Waals surface area contributed by atoms with Gasteiger partial charge in [0.15, 0.2) is 0 Å². The second-order valence-electron chi connectivity index (χ2n) is 6.03. The van der Waals surface area contributed by atoms with Crippen molar-refractivity contribution in [3.8, 4) is 17.0 Å². The zero-order valence-corrected chi connectivity index (χ0v) is 16.0. The molecule has 4 nitrogen and oxygen atoms in total. The Bertz CT molecular complexity index is 1010. The molecule has 0 unspecified atom stereocenters. The Kier molecular flexibility index (Phi) is 6.39. The van der Waals surface area contributed by atoms with E-state index in [2.05, 4.69) is 10.1 Å². The van der Waals surface area contributed by atoms with Crippen molar-refractivity contribution in [2.75, 3.05) is 7.11 Å². The molecule has 0 saturated heterocycles. The molecular formula is C21H16ClF3N2O2. The van der Waals surface area contributed by atoms with Gasteiger partial charge < -0.3 is 9.57 Å². The fraction of sp³-hybridized carbons (Fsp3) is 0.143. The molecule has 0 aliphatic heterocycles. The van der Waals surface area contributed by atoms with Gasteiger partial charge in [0, 0.05) is 11.8 Å². The van der Waals surface area contributed by atoms with Crippen LogP contribution in [0.5, 0.6) is 5.75 Å². The van der Waals surface area contributed by atoms with E-state index in [0.717, 1.165) is 29.1 Å². The van der Waals surface area contributed by atoms with Crippen LogP contribution in [-0.4, -0.2) is 18.3 Å². The number of aromatic nitrogens is 1. The monoisotopic (exact) mass is 420 g/mol. The number of methoxy groups -OCH3 is 1. The molecule has 2 aromatic carbocycles. The van der Waals surface area contributed by atoms with E-state index in [-0.39, 0.29) is 17.3 Å². The standard InChI is InChI=1S/C21H16ClF3N2O2/c1-28-18-4-2-3-15(9-18)13-29-27-11-14-5-7-16(8-6-14)20-19(22)10-17(12-26-20)21(23,24)25/h2-12H,13H2,1H3/b27-11-. The highest BCUT2D eigenvalue weighted by molar-refractivity contribution is 6.33. The maximum absolute atomic E-state index is 12.7. The molecule has 0 bridgehead atoms. The van der Waals surface area contributed by atoms with Gasteiger partial charge in [0.1, 0.15) is 12.4 Å². The van der Waals surface area contributed by atoms with Crippen LogP contribution in [0.4, 0.5) is 13.2 Å². The zero-order chi connectivity index (χ0) is 20.9. The summed E-state index contributed by atoms with van der Waals surface area (Å²) in [6.07, 6.45) is -2.19. The number of halogens is 4. The predicted octanol–water partition coefficient (Wildman–Crippen LogP) is 5.98. The van der Waals surface area contributed by atoms with Crippen molar-refractivity contribution in [1.82, 2.24) is 4.98 Å². The van der Waals surface area contributed by atoms with Crippen LogP contribution in [0.25, 0.3) is 11.3 Å². The van der Waals surface area contributed by atoms with E-state index < -0.39 is 11.7 Å². The van der Waals surface area contributed by atoms with Crippen molar-refractivity contribution in [3.05, 3.63) is 82.5 Å². The molecule has 8 heteroatoms. The number of hydrogen-bond donors (Lipinski definition) is 0. The molecule has 0 amide bonds. The van der Waals surface area contributed by atoms with E-state index in [1.807, 2.05) is 24.3 Å². The molecule has 0 fully saturated rings. The zero-order valence-electron chi connectivity index (χ0n) is 15.3. The van der Waals surface area contributed by atoms with Crippen LogP contribution in [0.1, 0.15) is 16.7 Å². The van der Waals surface area contributed by atoms with E-state index >= 15 is 0 Å². The van der Waals surface area contributed by atoms with Crippen LogP contribution in [0.2, 0.25) is 5.02 Å². The maximum atomic E-state index is 12.7. The number of hydrogen-bond acceptors (Lipinski definition) is 4. The lowest BCUT2D eigenvalue weighted by Gasteiger charge is -2.09. The Labute approximate surface area is 170 Å². The second kappa shape index (κ2) is 8.96. The maximum Gasteiger partial charge on any atom is 0.417 e. The molecule has 1 heterocycles. The first-order valence-corrected chi connectivity index (χ1v) is 8.86. The van der Waals surface area contributed by atoms with Gasteiger partial charge in [-0.3, -0.25) is 4.98 Å². The minimum atomic E-state index is -4.49. The fourth-order valence-electron chi connectivity index (χ4n) is 2.50. The van der Waals surface area contributed by atoms with Gasteiger partial charge in [-0.25, -0.2) is 0 Å². The molecular weight excluding hydrogens is 405 g/mol. The number of ether oxygens (including phenoxy) is 1. The van der Waals surface area contributed by atoms with Gasteiger partial charge in [-0.2, -0.15) is 13.2 Å². The normalized spacial score (nSPS) is 11.6. The summed E-state index contributed by atoms with van der Waals surface area (Å²) in [5, 5.41) is 3.85. The topological polar surface area (TPSA) is 43.7 Å². The summed E-state index contributed by atoms with van der Waals surface area (Å²) in [5.74, 6) is 0.737. The number of alkyl halides is 3. The highest BCUT2D eigenvalue weighted by Gasteiger charge is 2.31. The Morgan fingerprint density at radius 1 is 1.10 bits per heavy atom. The Morgan fingerprint density at radius 3 is 2.52 bits per heavy atom. The first-order valence-electron chi connectivity index (χ1n) is 8.48. The van der Waals surface area contributed by atoms with Crippen LogP contribution in [-0.2, 0) is 17.6 Å². The van der Waals surface area contributed by atoms with Crippen molar-refractivity contribution < 1.29 is 22.7 Å². The molecule has 0 spiro atoms. The molecule has 0 N–H and O–H groups in total. The van der Waals surface area contributed by atoms with Crippen molar-refractivity contribution in [2.24, 2.45) is 5.16 Å². The molecule has 0 radical (unpaired) electrons. The minimum Gasteiger partial charge on any atom is -0.497 e. The SMILES string of the molecule is COc1cccc(CO/N=C\c2ccc(-c3ncc(C(F)(F)F)cc3Cl)cc2)c1. The predicted molar refractivity (Wildman–Crippen MR) is 105 cm³/mol. The lowest BCUT2D eigenvalue weighted by molar-refractivity contribution is -0.137. The van der Waals surface area contributed by atoms with Crippen LogP contribution in [0.15, 0.2) is 65.9 Å². The molecule has 150 valence electrons. The Balaban J connectivity index is 1.63. The number of oxime groups is 1. The van der Waals surface area contributed by atoms with Crippen molar-refractivity contribution in [3.63, 3.8) is 0 Å². The largest absolute Gasteiger partial charge is 0.497 e. The molecule has 0 aliphatic carbocycles. The van der Waals surface area contributed by atoms with Crippen LogP contribution in [0, 0.1) is 0 Å². The molecule has 29 heavy (non-hydrogen) atoms. The van der Waals surface area contributed by atoms with Crippen molar-refractivity contribution in [1.29, 1.82) is 0 Å². The first-order chi connectivity index (χ1) is 13.9. The van der Waals surface area contributed by atoms with E-state index in [4.69, 9.17) is 21.2 Å². The number of rotatable bonds is 6. The number of nitrogens with zero attached hydrogens (tertiary/aromatic N) is 2. The van der Waals surface area contributed by atoms with Gasteiger partial charge in [0.05, 0.1) is 29.6 Å². The number of benzene rings is 2. The van der Waals surface area contributed by atoms with Gasteiger partial charge in [0.25, 0.3) is 0 Å². The van der Waals surface area contributed by atoms with E-state index in [1.54, 1.807) is 31.4 Å². The van der Waals surface area contributed by atoms with Crippen molar-refractivity contribution in [2.45, 2.75) is 12.8 Å². The van der Waals surface area contributed by atoms with Crippen LogP contribution < -0.4 is 4.74 Å². The average Bonchev–Trinajstić information content (AvgIpc) is 2.71. The summed E-state index contributed by atoms with van der Waals surface area (Å²) >= 11 is 5.97. The first kappa shape index (κ1) is 20.7. The lowest BCUT2D eigenvalue weighted by atomic mass is 10.1. The van der Waals surface area contributed by atoms with Gasteiger partial charge in [-0.15, -0.1) is 0 Å². The Hall–Kier alpha value is -3.06. The second-order valence-corrected chi connectivity index (χ2v) is 6.44. The minimum absolute atomic E-state index is 0.0668. The lowest BCUT2D eigenvalue weighted by Crippen LogP contribution is -2.05. The summed E-state index contributed by atoms with van der Waals surface area (Å²) < 4.78 is 43.3. The highest BCUT2D eigenvalue weighted by Crippen LogP contribution is 2.33. The number of pyridine rings is 1. The summed E-state index contributed by atoms with van der Waals surface area (Å²) in [7, 11) is 1.59. The summed E-state index contributed by atoms with van der Waals surface area (Å²) in [6, 6.07) is 15.2. The molecule has 1 aromatic heterocycles. The summed E-state index contributed by atoms with van der Waals surface area (Å²) in [6.45, 7) is 0.289. The molecule has 3 rings (SSSR count). The van der Waals surface area contributed by atoms with E-state index in [9.17, 15) is 13.2 Å². The van der Waals surface area contributed by atoms with Gasteiger partial charge in [0.2, 0.25) is 0 Å². The third kappa shape index (κ3) is 5.48. The molecule has 0 saturated carbocycles. The molecule has 3 aromatic rings. The van der Waals surface area contributed by atoms with Crippen LogP contribution in [0.3, 0.4) is 0 Å². The molecule has 0 atom stereocenters. The third-order valence-corrected chi connectivity index (χ3v) is 4.28. The van der Waals surface area contributed by atoms with E-state index in [1.165, 1.54) is 6.21 Å². The summed E-state index contributed by atoms with van der Waals surface area (Å²) in [4.78, 5) is 9.12. The van der Waals surface area contributed by atoms with Gasteiger partial charge in [-0.1, -0.05) is 53.2 Å². The third-order valence-electron chi connectivity index (χ3n) is 3.99. The Morgan fingerprint density at radius 2 is 1.86 bits per heavy atom. The quantitative estimate of drug-likeness (QED) is 0.364. The summed E-state index contributed by atoms with van der Waals surface area (Å²) in [5.41, 5.74) is 1.65. The van der Waals surface area contributed by atoms with Gasteiger partial charge in [-0.05, 0) is 29.3 Å². The van der Waals surface area contributed by atoms with Gasteiger partial charge >= 0.3 is 6.18 Å². The average molecular weight is 421 g/mol. The van der Waals surface area contributed by atoms with E-state index in [0.29, 0.717) is 5.56 Å². The van der Waals surface area contributed by atoms with Crippen molar-refractivity contribution >= 4 is 17.8 Å². The smallest absolute Gasteiger partial charge is 0.417 e. The molecule has 0 aliphatic rings. The highest BCUT2D eigenvalue weighted by atomic mass is 35.5. The fourth-order valence-corrected chi connectivity index (χ4v) is 2.78.